The van der Waals surface area contributed by atoms with Gasteiger partial charge in [-0.3, -0.25) is 14.4 Å². The molecule has 51 heavy (non-hydrogen) atoms. The molecular weight excluding hydrogens is 679 g/mol. The second kappa shape index (κ2) is 16.5. The smallest absolute Gasteiger partial charge is 0.341 e. The molecule has 0 spiro atoms. The summed E-state index contributed by atoms with van der Waals surface area (Å²) in [6.07, 6.45) is 4.05. The Morgan fingerprint density at radius 3 is 2.25 bits per heavy atom. The van der Waals surface area contributed by atoms with Gasteiger partial charge < -0.3 is 20.7 Å². The van der Waals surface area contributed by atoms with Crippen LogP contribution < -0.4 is 16.0 Å². The molecule has 0 bridgehead atoms. The highest BCUT2D eigenvalue weighted by atomic mass is 32.2. The number of carbonyl (C=O) groups excluding carboxylic acids is 4. The topological polar surface area (TPSA) is 114 Å². The zero-order chi connectivity index (χ0) is 35.7. The van der Waals surface area contributed by atoms with Crippen molar-refractivity contribution in [1.29, 1.82) is 0 Å². The van der Waals surface area contributed by atoms with Crippen LogP contribution in [0.4, 0.5) is 10.7 Å². The van der Waals surface area contributed by atoms with Crippen LogP contribution in [0.15, 0.2) is 126 Å². The fourth-order valence-corrected chi connectivity index (χ4v) is 8.22. The Hall–Kier alpha value is -5.45. The highest BCUT2D eigenvalue weighted by Crippen LogP contribution is 2.43. The van der Waals surface area contributed by atoms with E-state index in [0.29, 0.717) is 27.7 Å². The normalized spacial score (nSPS) is 14.5. The lowest BCUT2D eigenvalue weighted by Gasteiger charge is -2.22. The van der Waals surface area contributed by atoms with Crippen molar-refractivity contribution in [3.63, 3.8) is 0 Å². The molecule has 2 atom stereocenters. The molecule has 0 aliphatic heterocycles. The SMILES string of the molecule is COC(=O)c1c(NC(=O)C(C)Sc2cccc(NC(=O)/C(=C/c3ccccc3)NC(=O)c3ccccc3)c2)sc2c1CCC(c1ccccc1)C2. The third-order valence-electron chi connectivity index (χ3n) is 8.58. The van der Waals surface area contributed by atoms with E-state index in [2.05, 4.69) is 28.1 Å². The van der Waals surface area contributed by atoms with Crippen molar-refractivity contribution in [2.75, 3.05) is 17.7 Å². The summed E-state index contributed by atoms with van der Waals surface area (Å²) >= 11 is 2.77. The number of rotatable bonds is 11. The fourth-order valence-electron chi connectivity index (χ4n) is 5.98. The molecule has 1 aliphatic rings. The zero-order valence-corrected chi connectivity index (χ0v) is 29.8. The van der Waals surface area contributed by atoms with Gasteiger partial charge in [0.15, 0.2) is 0 Å². The monoisotopic (exact) mass is 715 g/mol. The number of hydrogen-bond acceptors (Lipinski definition) is 7. The van der Waals surface area contributed by atoms with E-state index in [4.69, 9.17) is 4.74 Å². The zero-order valence-electron chi connectivity index (χ0n) is 28.2. The van der Waals surface area contributed by atoms with Crippen LogP contribution in [0.3, 0.4) is 0 Å². The maximum absolute atomic E-state index is 13.5. The van der Waals surface area contributed by atoms with E-state index in [1.807, 2.05) is 60.7 Å². The number of nitrogens with one attached hydrogen (secondary N) is 3. The summed E-state index contributed by atoms with van der Waals surface area (Å²) < 4.78 is 5.14. The lowest BCUT2D eigenvalue weighted by Crippen LogP contribution is -2.30. The molecule has 0 fully saturated rings. The second-order valence-corrected chi connectivity index (χ2v) is 14.6. The molecule has 0 saturated heterocycles. The summed E-state index contributed by atoms with van der Waals surface area (Å²) in [6, 6.07) is 35.5. The Balaban J connectivity index is 1.14. The van der Waals surface area contributed by atoms with Gasteiger partial charge in [0.25, 0.3) is 11.8 Å². The Morgan fingerprint density at radius 2 is 1.55 bits per heavy atom. The van der Waals surface area contributed by atoms with Gasteiger partial charge in [-0.2, -0.15) is 0 Å². The average molecular weight is 716 g/mol. The molecule has 1 aromatic heterocycles. The second-order valence-electron chi connectivity index (χ2n) is 12.1. The number of thioether (sulfide) groups is 1. The van der Waals surface area contributed by atoms with Crippen molar-refractivity contribution in [1.82, 2.24) is 5.32 Å². The molecule has 3 N–H and O–H groups in total. The number of hydrogen-bond donors (Lipinski definition) is 3. The van der Waals surface area contributed by atoms with E-state index in [1.165, 1.54) is 35.8 Å². The number of ether oxygens (including phenoxy) is 1. The van der Waals surface area contributed by atoms with Crippen LogP contribution in [-0.4, -0.2) is 36.1 Å². The van der Waals surface area contributed by atoms with Crippen molar-refractivity contribution in [3.05, 3.63) is 154 Å². The van der Waals surface area contributed by atoms with Crippen molar-refractivity contribution < 1.29 is 23.9 Å². The summed E-state index contributed by atoms with van der Waals surface area (Å²) in [5.74, 6) is -1.27. The summed E-state index contributed by atoms with van der Waals surface area (Å²) in [6.45, 7) is 1.79. The van der Waals surface area contributed by atoms with Crippen LogP contribution in [0.2, 0.25) is 0 Å². The van der Waals surface area contributed by atoms with Crippen LogP contribution in [0.5, 0.6) is 0 Å². The van der Waals surface area contributed by atoms with Crippen molar-refractivity contribution in [2.45, 2.75) is 42.2 Å². The molecule has 3 amide bonds. The highest BCUT2D eigenvalue weighted by molar-refractivity contribution is 8.00. The third kappa shape index (κ3) is 8.83. The predicted molar refractivity (Wildman–Crippen MR) is 204 cm³/mol. The van der Waals surface area contributed by atoms with Gasteiger partial charge in [0.2, 0.25) is 5.91 Å². The standard InChI is InChI=1S/C41H37N3O5S2/c1-26(37(45)44-40-36(41(48)49-2)33-22-21-30(24-35(33)51-40)28-15-8-4-9-16-28)50-32-20-12-19-31(25-32)42-39(47)34(23-27-13-6-3-7-14-27)43-38(46)29-17-10-5-11-18-29/h3-20,23,25-26,30H,21-22,24H2,1-2H3,(H,42,47)(H,43,46)(H,44,45)/b34-23-. The molecule has 6 rings (SSSR count). The van der Waals surface area contributed by atoms with Gasteiger partial charge in [0.05, 0.1) is 17.9 Å². The quantitative estimate of drug-likeness (QED) is 0.0720. The Kier molecular flexibility index (Phi) is 11.4. The molecule has 1 heterocycles. The summed E-state index contributed by atoms with van der Waals surface area (Å²) in [5, 5.41) is 8.63. The predicted octanol–water partition coefficient (Wildman–Crippen LogP) is 8.34. The summed E-state index contributed by atoms with van der Waals surface area (Å²) in [7, 11) is 1.36. The number of thiophene rings is 1. The highest BCUT2D eigenvalue weighted by Gasteiger charge is 2.31. The molecular formula is C41H37N3O5S2. The largest absolute Gasteiger partial charge is 0.465 e. The van der Waals surface area contributed by atoms with Gasteiger partial charge in [0.1, 0.15) is 10.7 Å². The summed E-state index contributed by atoms with van der Waals surface area (Å²) in [4.78, 5) is 54.8. The minimum atomic E-state index is -0.531. The number of fused-ring (bicyclic) bond motifs is 1. The number of amides is 3. The fraction of sp³-hybridized carbons (Fsp3) is 0.171. The summed E-state index contributed by atoms with van der Waals surface area (Å²) in [5.41, 5.74) is 4.42. The molecule has 5 aromatic rings. The van der Waals surface area contributed by atoms with Crippen molar-refractivity contribution in [3.8, 4) is 0 Å². The maximum Gasteiger partial charge on any atom is 0.341 e. The molecule has 0 radical (unpaired) electrons. The van der Waals surface area contributed by atoms with Crippen LogP contribution in [0.25, 0.3) is 6.08 Å². The molecule has 8 nitrogen and oxygen atoms in total. The van der Waals surface area contributed by atoms with E-state index < -0.39 is 23.0 Å². The third-order valence-corrected chi connectivity index (χ3v) is 10.8. The van der Waals surface area contributed by atoms with Crippen LogP contribution in [0, 0.1) is 0 Å². The van der Waals surface area contributed by atoms with Crippen LogP contribution >= 0.6 is 23.1 Å². The minimum Gasteiger partial charge on any atom is -0.465 e. The molecule has 10 heteroatoms. The Morgan fingerprint density at radius 1 is 0.863 bits per heavy atom. The first kappa shape index (κ1) is 35.4. The van der Waals surface area contributed by atoms with Gasteiger partial charge in [-0.25, -0.2) is 4.79 Å². The number of carbonyl (C=O) groups is 4. The van der Waals surface area contributed by atoms with E-state index in [9.17, 15) is 19.2 Å². The van der Waals surface area contributed by atoms with E-state index in [1.54, 1.807) is 55.5 Å². The van der Waals surface area contributed by atoms with E-state index in [0.717, 1.165) is 40.2 Å². The number of esters is 1. The van der Waals surface area contributed by atoms with Crippen molar-refractivity contribution in [2.24, 2.45) is 0 Å². The van der Waals surface area contributed by atoms with Gasteiger partial charge >= 0.3 is 5.97 Å². The first-order valence-electron chi connectivity index (χ1n) is 16.6. The molecule has 1 aliphatic carbocycles. The number of benzene rings is 4. The van der Waals surface area contributed by atoms with Gasteiger partial charge in [-0.05, 0) is 85.2 Å². The average Bonchev–Trinajstić information content (AvgIpc) is 3.52. The van der Waals surface area contributed by atoms with Gasteiger partial charge in [-0.15, -0.1) is 23.1 Å². The Bertz CT molecular complexity index is 2060. The number of methoxy groups -OCH3 is 1. The van der Waals surface area contributed by atoms with E-state index in [-0.39, 0.29) is 11.6 Å². The van der Waals surface area contributed by atoms with E-state index >= 15 is 0 Å². The lowest BCUT2D eigenvalue weighted by atomic mass is 9.83. The van der Waals surface area contributed by atoms with Crippen LogP contribution in [0.1, 0.15) is 61.5 Å². The maximum atomic E-state index is 13.5. The Labute approximate surface area is 305 Å². The van der Waals surface area contributed by atoms with Crippen molar-refractivity contribution >= 4 is 63.6 Å². The van der Waals surface area contributed by atoms with Gasteiger partial charge in [0, 0.05) is 21.0 Å². The first-order chi connectivity index (χ1) is 24.8. The molecule has 0 saturated carbocycles. The van der Waals surface area contributed by atoms with Gasteiger partial charge in [-0.1, -0.05) is 84.9 Å². The van der Waals surface area contributed by atoms with Crippen LogP contribution in [-0.2, 0) is 27.2 Å². The number of anilines is 2. The minimum absolute atomic E-state index is 0.0796. The first-order valence-corrected chi connectivity index (χ1v) is 18.3. The molecule has 258 valence electrons. The molecule has 2 unspecified atom stereocenters. The lowest BCUT2D eigenvalue weighted by molar-refractivity contribution is -0.115. The molecule has 4 aromatic carbocycles.